The van der Waals surface area contributed by atoms with Gasteiger partial charge in [0.1, 0.15) is 16.8 Å². The Morgan fingerprint density at radius 3 is 2.75 bits per heavy atom. The number of thiazole rings is 1. The molecule has 0 unspecified atom stereocenters. The highest BCUT2D eigenvalue weighted by atomic mass is 32.1. The SMILES string of the molecule is CN(Cc1ccc(C(=O)O)cc1)C(=O)c1csc([C@H]2CCCO2)n1. The van der Waals surface area contributed by atoms with Crippen molar-refractivity contribution in [2.75, 3.05) is 13.7 Å². The second-order valence-electron chi connectivity index (χ2n) is 5.74. The van der Waals surface area contributed by atoms with Gasteiger partial charge < -0.3 is 14.7 Å². The van der Waals surface area contributed by atoms with Crippen molar-refractivity contribution >= 4 is 23.2 Å². The van der Waals surface area contributed by atoms with E-state index in [2.05, 4.69) is 4.98 Å². The lowest BCUT2D eigenvalue weighted by Crippen LogP contribution is -2.26. The van der Waals surface area contributed by atoms with Crippen molar-refractivity contribution < 1.29 is 19.4 Å². The first-order chi connectivity index (χ1) is 11.5. The second-order valence-corrected chi connectivity index (χ2v) is 6.63. The van der Waals surface area contributed by atoms with Gasteiger partial charge in [0.25, 0.3) is 5.91 Å². The number of nitrogens with zero attached hydrogens (tertiary/aromatic N) is 2. The van der Waals surface area contributed by atoms with Crippen LogP contribution in [0.1, 0.15) is 50.4 Å². The van der Waals surface area contributed by atoms with E-state index in [-0.39, 0.29) is 17.6 Å². The number of amides is 1. The zero-order chi connectivity index (χ0) is 17.1. The Balaban J connectivity index is 1.64. The summed E-state index contributed by atoms with van der Waals surface area (Å²) in [4.78, 5) is 29.3. The Hall–Kier alpha value is -2.25. The second kappa shape index (κ2) is 7.11. The molecule has 0 bridgehead atoms. The Morgan fingerprint density at radius 1 is 1.38 bits per heavy atom. The zero-order valence-corrected chi connectivity index (χ0v) is 14.1. The van der Waals surface area contributed by atoms with E-state index in [1.54, 1.807) is 29.5 Å². The zero-order valence-electron chi connectivity index (χ0n) is 13.3. The monoisotopic (exact) mass is 346 g/mol. The molecule has 0 aliphatic carbocycles. The van der Waals surface area contributed by atoms with Crippen molar-refractivity contribution in [1.29, 1.82) is 0 Å². The summed E-state index contributed by atoms with van der Waals surface area (Å²) in [5.74, 6) is -1.12. The molecule has 1 amide bonds. The van der Waals surface area contributed by atoms with Crippen LogP contribution < -0.4 is 0 Å². The molecular formula is C17H18N2O4S. The van der Waals surface area contributed by atoms with Gasteiger partial charge >= 0.3 is 5.97 Å². The molecule has 7 heteroatoms. The van der Waals surface area contributed by atoms with Gasteiger partial charge in [0.2, 0.25) is 0 Å². The lowest BCUT2D eigenvalue weighted by molar-refractivity contribution is 0.0695. The molecule has 0 saturated carbocycles. The molecule has 0 spiro atoms. The number of aromatic carboxylic acids is 1. The molecular weight excluding hydrogens is 328 g/mol. The van der Waals surface area contributed by atoms with Gasteiger partial charge in [-0.15, -0.1) is 11.3 Å². The van der Waals surface area contributed by atoms with Gasteiger partial charge in [-0.05, 0) is 30.5 Å². The maximum Gasteiger partial charge on any atom is 0.335 e. The summed E-state index contributed by atoms with van der Waals surface area (Å²) >= 11 is 1.46. The minimum atomic E-state index is -0.963. The van der Waals surface area contributed by atoms with Crippen molar-refractivity contribution in [1.82, 2.24) is 9.88 Å². The molecule has 1 atom stereocenters. The van der Waals surface area contributed by atoms with E-state index < -0.39 is 5.97 Å². The number of benzene rings is 1. The van der Waals surface area contributed by atoms with Gasteiger partial charge in [-0.25, -0.2) is 9.78 Å². The third-order valence-electron chi connectivity index (χ3n) is 3.91. The van der Waals surface area contributed by atoms with Gasteiger partial charge in [-0.2, -0.15) is 0 Å². The van der Waals surface area contributed by atoms with Crippen LogP contribution in [0.3, 0.4) is 0 Å². The lowest BCUT2D eigenvalue weighted by Gasteiger charge is -2.16. The number of ether oxygens (including phenoxy) is 1. The molecule has 1 aromatic carbocycles. The molecule has 1 aliphatic heterocycles. The Kier molecular flexibility index (Phi) is 4.92. The van der Waals surface area contributed by atoms with E-state index in [0.717, 1.165) is 30.0 Å². The standard InChI is InChI=1S/C17H18N2O4S/c1-19(9-11-4-6-12(7-5-11)17(21)22)16(20)13-10-24-15(18-13)14-3-2-8-23-14/h4-7,10,14H,2-3,8-9H2,1H3,(H,21,22)/t14-/m1/s1. The fourth-order valence-corrected chi connectivity index (χ4v) is 3.47. The number of hydrogen-bond donors (Lipinski definition) is 1. The molecule has 1 aliphatic rings. The van der Waals surface area contributed by atoms with E-state index in [1.165, 1.54) is 23.5 Å². The first-order valence-corrected chi connectivity index (χ1v) is 8.57. The van der Waals surface area contributed by atoms with Crippen LogP contribution in [0.15, 0.2) is 29.6 Å². The van der Waals surface area contributed by atoms with E-state index >= 15 is 0 Å². The number of rotatable bonds is 5. The molecule has 3 rings (SSSR count). The smallest absolute Gasteiger partial charge is 0.335 e. The average molecular weight is 346 g/mol. The number of carbonyl (C=O) groups is 2. The lowest BCUT2D eigenvalue weighted by atomic mass is 10.1. The maximum absolute atomic E-state index is 12.5. The van der Waals surface area contributed by atoms with Gasteiger partial charge in [-0.3, -0.25) is 4.79 Å². The normalized spacial score (nSPS) is 17.0. The Bertz CT molecular complexity index is 735. The number of carboxylic acid groups (broad SMARTS) is 1. The van der Waals surface area contributed by atoms with Crippen molar-refractivity contribution in [2.45, 2.75) is 25.5 Å². The van der Waals surface area contributed by atoms with E-state index in [1.807, 2.05) is 0 Å². The predicted molar refractivity (Wildman–Crippen MR) is 89.2 cm³/mol. The largest absolute Gasteiger partial charge is 0.478 e. The molecule has 6 nitrogen and oxygen atoms in total. The molecule has 24 heavy (non-hydrogen) atoms. The molecule has 126 valence electrons. The summed E-state index contributed by atoms with van der Waals surface area (Å²) < 4.78 is 5.59. The van der Waals surface area contributed by atoms with E-state index in [0.29, 0.717) is 12.2 Å². The Labute approximate surface area is 143 Å². The number of carboxylic acids is 1. The topological polar surface area (TPSA) is 79.7 Å². The van der Waals surface area contributed by atoms with Crippen molar-refractivity contribution in [2.24, 2.45) is 0 Å². The van der Waals surface area contributed by atoms with Crippen LogP contribution >= 0.6 is 11.3 Å². The number of carbonyl (C=O) groups excluding carboxylic acids is 1. The van der Waals surface area contributed by atoms with E-state index in [9.17, 15) is 9.59 Å². The predicted octanol–water partition coefficient (Wildman–Crippen LogP) is 2.97. The first-order valence-electron chi connectivity index (χ1n) is 7.69. The highest BCUT2D eigenvalue weighted by molar-refractivity contribution is 7.09. The fraction of sp³-hybridized carbons (Fsp3) is 0.353. The van der Waals surface area contributed by atoms with Crippen LogP contribution in [0.25, 0.3) is 0 Å². The quantitative estimate of drug-likeness (QED) is 0.900. The van der Waals surface area contributed by atoms with Crippen molar-refractivity contribution in [3.05, 3.63) is 51.5 Å². The third-order valence-corrected chi connectivity index (χ3v) is 4.85. The van der Waals surface area contributed by atoms with Crippen LogP contribution in [0.4, 0.5) is 0 Å². The summed E-state index contributed by atoms with van der Waals surface area (Å²) in [6.45, 7) is 1.14. The van der Waals surface area contributed by atoms with Gasteiger partial charge in [0.15, 0.2) is 0 Å². The summed E-state index contributed by atoms with van der Waals surface area (Å²) in [6, 6.07) is 6.50. The van der Waals surface area contributed by atoms with E-state index in [4.69, 9.17) is 9.84 Å². The number of aromatic nitrogens is 1. The summed E-state index contributed by atoms with van der Waals surface area (Å²) in [6.07, 6.45) is 2.00. The van der Waals surface area contributed by atoms with Crippen molar-refractivity contribution in [3.63, 3.8) is 0 Å². The molecule has 1 aromatic heterocycles. The summed E-state index contributed by atoms with van der Waals surface area (Å²) in [7, 11) is 1.71. The Morgan fingerprint density at radius 2 is 2.12 bits per heavy atom. The molecule has 1 N–H and O–H groups in total. The number of hydrogen-bond acceptors (Lipinski definition) is 5. The van der Waals surface area contributed by atoms with Gasteiger partial charge in [0, 0.05) is 25.6 Å². The maximum atomic E-state index is 12.5. The first kappa shape index (κ1) is 16.6. The van der Waals surface area contributed by atoms with Gasteiger partial charge in [0.05, 0.1) is 5.56 Å². The minimum absolute atomic E-state index is 0.0189. The average Bonchev–Trinajstić information content (AvgIpc) is 3.25. The molecule has 2 heterocycles. The van der Waals surface area contributed by atoms with Crippen LogP contribution in [0, 0.1) is 0 Å². The molecule has 1 fully saturated rings. The summed E-state index contributed by atoms with van der Waals surface area (Å²) in [5.41, 5.74) is 1.52. The minimum Gasteiger partial charge on any atom is -0.478 e. The molecule has 1 saturated heterocycles. The van der Waals surface area contributed by atoms with Crippen LogP contribution in [0.2, 0.25) is 0 Å². The van der Waals surface area contributed by atoms with Gasteiger partial charge in [-0.1, -0.05) is 12.1 Å². The van der Waals surface area contributed by atoms with Crippen LogP contribution in [0.5, 0.6) is 0 Å². The van der Waals surface area contributed by atoms with Crippen molar-refractivity contribution in [3.8, 4) is 0 Å². The highest BCUT2D eigenvalue weighted by Crippen LogP contribution is 2.30. The van der Waals surface area contributed by atoms with Crippen LogP contribution in [-0.2, 0) is 11.3 Å². The summed E-state index contributed by atoms with van der Waals surface area (Å²) in [5, 5.41) is 11.5. The molecule has 0 radical (unpaired) electrons. The van der Waals surface area contributed by atoms with Crippen LogP contribution in [-0.4, -0.2) is 40.5 Å². The molecule has 2 aromatic rings. The highest BCUT2D eigenvalue weighted by Gasteiger charge is 2.23. The third kappa shape index (κ3) is 3.63. The fourth-order valence-electron chi connectivity index (χ4n) is 2.60.